The van der Waals surface area contributed by atoms with E-state index < -0.39 is 10.0 Å². The van der Waals surface area contributed by atoms with Gasteiger partial charge in [-0.3, -0.25) is 9.52 Å². The summed E-state index contributed by atoms with van der Waals surface area (Å²) in [5.41, 5.74) is 5.30. The molecular weight excluding hydrogens is 460 g/mol. The number of sulfonamides is 1. The molecule has 1 aliphatic heterocycles. The Morgan fingerprint density at radius 3 is 2.17 bits per heavy atom. The van der Waals surface area contributed by atoms with Crippen molar-refractivity contribution in [2.45, 2.75) is 25.7 Å². The summed E-state index contributed by atoms with van der Waals surface area (Å²) in [6.07, 6.45) is 0. The van der Waals surface area contributed by atoms with Crippen LogP contribution in [0.3, 0.4) is 0 Å². The van der Waals surface area contributed by atoms with Gasteiger partial charge < -0.3 is 15.1 Å². The molecule has 4 rings (SSSR count). The second kappa shape index (κ2) is 10.1. The van der Waals surface area contributed by atoms with Crippen LogP contribution in [0.15, 0.2) is 65.6 Å². The van der Waals surface area contributed by atoms with E-state index in [2.05, 4.69) is 33.0 Å². The molecule has 0 atom stereocenters. The van der Waals surface area contributed by atoms with E-state index in [0.29, 0.717) is 16.8 Å². The first-order valence-corrected chi connectivity index (χ1v) is 13.2. The summed E-state index contributed by atoms with van der Waals surface area (Å²) in [6.45, 7) is 9.65. The van der Waals surface area contributed by atoms with Crippen molar-refractivity contribution in [3.05, 3.63) is 82.9 Å². The summed E-state index contributed by atoms with van der Waals surface area (Å²) in [5, 5.41) is 2.97. The first kappa shape index (κ1) is 24.8. The molecule has 2 N–H and O–H groups in total. The molecule has 184 valence electrons. The normalized spacial score (nSPS) is 14.6. The van der Waals surface area contributed by atoms with Crippen LogP contribution >= 0.6 is 0 Å². The Morgan fingerprint density at radius 1 is 0.829 bits per heavy atom. The Hall–Kier alpha value is -3.36. The fourth-order valence-electron chi connectivity index (χ4n) is 4.14. The van der Waals surface area contributed by atoms with Gasteiger partial charge in [0.15, 0.2) is 0 Å². The third-order valence-electron chi connectivity index (χ3n) is 6.36. The van der Waals surface area contributed by atoms with Gasteiger partial charge in [-0.2, -0.15) is 0 Å². The molecule has 0 radical (unpaired) electrons. The number of piperazine rings is 1. The zero-order chi connectivity index (χ0) is 25.2. The van der Waals surface area contributed by atoms with Gasteiger partial charge in [0.2, 0.25) is 0 Å². The van der Waals surface area contributed by atoms with Gasteiger partial charge >= 0.3 is 0 Å². The Bertz CT molecular complexity index is 1330. The molecule has 1 heterocycles. The second-order valence-corrected chi connectivity index (χ2v) is 10.8. The summed E-state index contributed by atoms with van der Waals surface area (Å²) in [5.74, 6) is -0.246. The van der Waals surface area contributed by atoms with Gasteiger partial charge in [0.1, 0.15) is 0 Å². The van der Waals surface area contributed by atoms with Gasteiger partial charge in [0.05, 0.1) is 4.90 Å². The number of anilines is 3. The number of benzene rings is 3. The minimum atomic E-state index is -3.73. The van der Waals surface area contributed by atoms with E-state index in [1.807, 2.05) is 32.0 Å². The molecule has 0 spiro atoms. The van der Waals surface area contributed by atoms with Crippen molar-refractivity contribution >= 4 is 33.0 Å². The molecule has 0 bridgehead atoms. The van der Waals surface area contributed by atoms with E-state index in [1.54, 1.807) is 43.3 Å². The van der Waals surface area contributed by atoms with Crippen molar-refractivity contribution in [3.8, 4) is 0 Å². The van der Waals surface area contributed by atoms with Crippen LogP contribution in [0.5, 0.6) is 0 Å². The highest BCUT2D eigenvalue weighted by atomic mass is 32.2. The maximum atomic E-state index is 12.8. The Kier molecular flexibility index (Phi) is 7.14. The number of rotatable bonds is 6. The lowest BCUT2D eigenvalue weighted by Gasteiger charge is -2.34. The molecule has 8 heteroatoms. The number of likely N-dealkylation sites (N-methyl/N-ethyl adjacent to an activating group) is 1. The molecule has 0 aliphatic carbocycles. The topological polar surface area (TPSA) is 81.7 Å². The lowest BCUT2D eigenvalue weighted by Crippen LogP contribution is -2.44. The van der Waals surface area contributed by atoms with Crippen LogP contribution in [0.25, 0.3) is 0 Å². The fourth-order valence-corrected chi connectivity index (χ4v) is 5.53. The molecule has 7 nitrogen and oxygen atoms in total. The Labute approximate surface area is 207 Å². The van der Waals surface area contributed by atoms with Crippen molar-refractivity contribution < 1.29 is 13.2 Å². The minimum absolute atomic E-state index is 0.245. The number of nitrogens with one attached hydrogen (secondary N) is 2. The third kappa shape index (κ3) is 5.83. The van der Waals surface area contributed by atoms with Gasteiger partial charge in [0, 0.05) is 48.8 Å². The van der Waals surface area contributed by atoms with Crippen LogP contribution in [0.4, 0.5) is 17.1 Å². The van der Waals surface area contributed by atoms with E-state index in [1.165, 1.54) is 0 Å². The van der Waals surface area contributed by atoms with Gasteiger partial charge in [-0.15, -0.1) is 0 Å². The van der Waals surface area contributed by atoms with Crippen molar-refractivity contribution in [1.29, 1.82) is 0 Å². The monoisotopic (exact) mass is 492 g/mol. The summed E-state index contributed by atoms with van der Waals surface area (Å²) in [6, 6.07) is 17.8. The molecule has 1 fully saturated rings. The Balaban J connectivity index is 1.42. The number of carbonyl (C=O) groups is 1. The van der Waals surface area contributed by atoms with Gasteiger partial charge in [-0.05, 0) is 93.0 Å². The van der Waals surface area contributed by atoms with Crippen LogP contribution in [0.1, 0.15) is 27.0 Å². The van der Waals surface area contributed by atoms with E-state index in [-0.39, 0.29) is 10.8 Å². The third-order valence-corrected chi connectivity index (χ3v) is 7.88. The maximum Gasteiger partial charge on any atom is 0.262 e. The fraction of sp³-hybridized carbons (Fsp3) is 0.296. The smallest absolute Gasteiger partial charge is 0.262 e. The largest absolute Gasteiger partial charge is 0.369 e. The number of nitrogens with zero attached hydrogens (tertiary/aromatic N) is 2. The lowest BCUT2D eigenvalue weighted by atomic mass is 10.1. The average molecular weight is 493 g/mol. The van der Waals surface area contributed by atoms with E-state index in [9.17, 15) is 13.2 Å². The standard InChI is InChI=1S/C27H32N4O3S/c1-19-5-6-20(2)26(17-19)35(33,34)29-23-9-7-22(8-10-23)27(32)28-25-12-11-24(18-21(25)3)31-15-13-30(4)14-16-31/h5-12,17-18,29H,13-16H2,1-4H3,(H,28,32). The number of aryl methyl sites for hydroxylation is 3. The zero-order valence-electron chi connectivity index (χ0n) is 20.6. The molecule has 1 amide bonds. The first-order valence-electron chi connectivity index (χ1n) is 11.7. The summed E-state index contributed by atoms with van der Waals surface area (Å²) < 4.78 is 28.3. The number of carbonyl (C=O) groups excluding carboxylic acids is 1. The van der Waals surface area contributed by atoms with Crippen LogP contribution in [-0.2, 0) is 10.0 Å². The molecule has 0 aromatic heterocycles. The molecule has 35 heavy (non-hydrogen) atoms. The quantitative estimate of drug-likeness (QED) is 0.533. The molecule has 1 saturated heterocycles. The van der Waals surface area contributed by atoms with Crippen molar-refractivity contribution in [2.24, 2.45) is 0 Å². The molecule has 3 aromatic carbocycles. The average Bonchev–Trinajstić information content (AvgIpc) is 2.82. The predicted molar refractivity (Wildman–Crippen MR) is 142 cm³/mol. The van der Waals surface area contributed by atoms with E-state index in [4.69, 9.17) is 0 Å². The highest BCUT2D eigenvalue weighted by Crippen LogP contribution is 2.25. The SMILES string of the molecule is Cc1ccc(C)c(S(=O)(=O)Nc2ccc(C(=O)Nc3ccc(N4CCN(C)CC4)cc3C)cc2)c1. The lowest BCUT2D eigenvalue weighted by molar-refractivity contribution is 0.102. The van der Waals surface area contributed by atoms with E-state index >= 15 is 0 Å². The van der Waals surface area contributed by atoms with Crippen molar-refractivity contribution in [2.75, 3.05) is 48.2 Å². The van der Waals surface area contributed by atoms with Gasteiger partial charge in [-0.1, -0.05) is 12.1 Å². The first-order chi connectivity index (χ1) is 16.6. The summed E-state index contributed by atoms with van der Waals surface area (Å²) in [4.78, 5) is 17.7. The Morgan fingerprint density at radius 2 is 1.51 bits per heavy atom. The highest BCUT2D eigenvalue weighted by Gasteiger charge is 2.18. The van der Waals surface area contributed by atoms with Crippen LogP contribution < -0.4 is 14.9 Å². The van der Waals surface area contributed by atoms with Crippen LogP contribution in [-0.4, -0.2) is 52.5 Å². The molecule has 0 saturated carbocycles. The maximum absolute atomic E-state index is 12.8. The molecule has 3 aromatic rings. The predicted octanol–water partition coefficient (Wildman–Crippen LogP) is 4.42. The van der Waals surface area contributed by atoms with Gasteiger partial charge in [0.25, 0.3) is 15.9 Å². The number of hydrogen-bond donors (Lipinski definition) is 2. The van der Waals surface area contributed by atoms with Gasteiger partial charge in [-0.25, -0.2) is 8.42 Å². The van der Waals surface area contributed by atoms with Crippen molar-refractivity contribution in [1.82, 2.24) is 4.90 Å². The summed E-state index contributed by atoms with van der Waals surface area (Å²) in [7, 11) is -1.59. The molecular formula is C27H32N4O3S. The second-order valence-electron chi connectivity index (χ2n) is 9.20. The van der Waals surface area contributed by atoms with E-state index in [0.717, 1.165) is 48.7 Å². The number of amides is 1. The van der Waals surface area contributed by atoms with Crippen molar-refractivity contribution in [3.63, 3.8) is 0 Å². The minimum Gasteiger partial charge on any atom is -0.369 e. The zero-order valence-corrected chi connectivity index (χ0v) is 21.4. The number of hydrogen-bond acceptors (Lipinski definition) is 5. The highest BCUT2D eigenvalue weighted by molar-refractivity contribution is 7.92. The molecule has 1 aliphatic rings. The molecule has 0 unspecified atom stereocenters. The van der Waals surface area contributed by atoms with Crippen LogP contribution in [0.2, 0.25) is 0 Å². The summed E-state index contributed by atoms with van der Waals surface area (Å²) >= 11 is 0. The van der Waals surface area contributed by atoms with Crippen LogP contribution in [0, 0.1) is 20.8 Å².